The normalized spacial score (nSPS) is 16.6. The Bertz CT molecular complexity index is 924. The molecule has 6 nitrogen and oxygen atoms in total. The van der Waals surface area contributed by atoms with Gasteiger partial charge in [0.2, 0.25) is 5.95 Å². The Morgan fingerprint density at radius 3 is 2.11 bits per heavy atom. The highest BCUT2D eigenvalue weighted by molar-refractivity contribution is 7.83. The van der Waals surface area contributed by atoms with Crippen molar-refractivity contribution in [3.05, 3.63) is 41.6 Å². The van der Waals surface area contributed by atoms with E-state index >= 15 is 0 Å². The maximum absolute atomic E-state index is 13.3. The van der Waals surface area contributed by atoms with Gasteiger partial charge in [-0.1, -0.05) is 33.7 Å². The van der Waals surface area contributed by atoms with Gasteiger partial charge in [-0.25, -0.2) is 9.97 Å². The molecule has 0 N–H and O–H groups in total. The Morgan fingerprint density at radius 2 is 1.59 bits per heavy atom. The highest BCUT2D eigenvalue weighted by Crippen LogP contribution is 2.32. The number of hydrogen-bond donors (Lipinski definition) is 0. The Hall–Kier alpha value is -2.27. The lowest BCUT2D eigenvalue weighted by Crippen LogP contribution is -2.48. The van der Waals surface area contributed by atoms with Crippen molar-refractivity contribution in [1.82, 2.24) is 14.3 Å². The first-order valence-electron chi connectivity index (χ1n) is 8.02. The van der Waals surface area contributed by atoms with Crippen molar-refractivity contribution in [2.75, 3.05) is 31.1 Å². The Balaban J connectivity index is 1.95. The molecule has 146 valence electrons. The van der Waals surface area contributed by atoms with Crippen LogP contribution in [-0.4, -0.2) is 48.9 Å². The number of piperazine rings is 1. The zero-order valence-corrected chi connectivity index (χ0v) is 15.1. The molecule has 0 spiro atoms. The number of rotatable bonds is 3. The first-order chi connectivity index (χ1) is 12.5. The van der Waals surface area contributed by atoms with E-state index in [1.807, 2.05) is 6.92 Å². The molecule has 3 rings (SSSR count). The van der Waals surface area contributed by atoms with Crippen molar-refractivity contribution in [2.24, 2.45) is 0 Å². The maximum atomic E-state index is 13.3. The summed E-state index contributed by atoms with van der Waals surface area (Å²) in [6.45, 7) is 1.43. The summed E-state index contributed by atoms with van der Waals surface area (Å²) in [4.78, 5) is 9.21. The summed E-state index contributed by atoms with van der Waals surface area (Å²) in [5, 5.41) is 0. The molecule has 1 saturated heterocycles. The first-order valence-corrected chi connectivity index (χ1v) is 9.36. The number of alkyl halides is 3. The molecule has 1 aliphatic heterocycles. The van der Waals surface area contributed by atoms with E-state index in [1.54, 1.807) is 24.3 Å². The van der Waals surface area contributed by atoms with Gasteiger partial charge in [-0.05, 0) is 13.0 Å². The highest BCUT2D eigenvalue weighted by atomic mass is 32.3. The van der Waals surface area contributed by atoms with Crippen LogP contribution in [0.4, 0.5) is 23.0 Å². The third-order valence-electron chi connectivity index (χ3n) is 4.18. The van der Waals surface area contributed by atoms with Gasteiger partial charge < -0.3 is 4.90 Å². The topological polar surface area (TPSA) is 66.4 Å². The van der Waals surface area contributed by atoms with E-state index in [0.717, 1.165) is 11.6 Å². The maximum Gasteiger partial charge on any atom is 0.433 e. The predicted molar refractivity (Wildman–Crippen MR) is 91.0 cm³/mol. The minimum Gasteiger partial charge on any atom is -0.338 e. The van der Waals surface area contributed by atoms with Crippen molar-refractivity contribution in [1.29, 1.82) is 0 Å². The zero-order chi connectivity index (χ0) is 19.8. The summed E-state index contributed by atoms with van der Waals surface area (Å²) in [5.41, 5.74) is 0.462. The number of anilines is 1. The quantitative estimate of drug-likeness (QED) is 0.581. The SMILES string of the molecule is Cc1ccc(-c2cc(C(F)(F)F)nc(N3CCN(S(=O)(=O)F)CC3)n2)cc1. The van der Waals surface area contributed by atoms with Gasteiger partial charge in [-0.15, -0.1) is 0 Å². The van der Waals surface area contributed by atoms with E-state index in [0.29, 0.717) is 9.87 Å². The van der Waals surface area contributed by atoms with Gasteiger partial charge in [0.25, 0.3) is 0 Å². The largest absolute Gasteiger partial charge is 0.433 e. The van der Waals surface area contributed by atoms with Gasteiger partial charge in [0.05, 0.1) is 5.69 Å². The molecule has 0 bridgehead atoms. The van der Waals surface area contributed by atoms with E-state index in [9.17, 15) is 25.5 Å². The van der Waals surface area contributed by atoms with Crippen molar-refractivity contribution in [3.63, 3.8) is 0 Å². The number of hydrogen-bond acceptors (Lipinski definition) is 5. The van der Waals surface area contributed by atoms with Crippen molar-refractivity contribution >= 4 is 16.4 Å². The molecule has 2 heterocycles. The Labute approximate surface area is 153 Å². The minimum atomic E-state index is -4.83. The molecule has 0 amide bonds. The second kappa shape index (κ2) is 7.04. The molecule has 1 aromatic heterocycles. The van der Waals surface area contributed by atoms with E-state index in [1.165, 1.54) is 4.90 Å². The van der Waals surface area contributed by atoms with Crippen molar-refractivity contribution in [2.45, 2.75) is 13.1 Å². The Kier molecular flexibility index (Phi) is 5.08. The lowest BCUT2D eigenvalue weighted by atomic mass is 10.1. The molecule has 0 atom stereocenters. The smallest absolute Gasteiger partial charge is 0.338 e. The average Bonchev–Trinajstić information content (AvgIpc) is 2.60. The van der Waals surface area contributed by atoms with Crippen molar-refractivity contribution in [3.8, 4) is 11.3 Å². The van der Waals surface area contributed by atoms with Gasteiger partial charge in [-0.2, -0.15) is 25.9 Å². The summed E-state index contributed by atoms with van der Waals surface area (Å²) in [6, 6.07) is 7.71. The van der Waals surface area contributed by atoms with Crippen LogP contribution in [0.2, 0.25) is 0 Å². The van der Waals surface area contributed by atoms with Crippen LogP contribution in [0.5, 0.6) is 0 Å². The Morgan fingerprint density at radius 1 is 1.00 bits per heavy atom. The van der Waals surface area contributed by atoms with E-state index in [-0.39, 0.29) is 37.8 Å². The summed E-state index contributed by atoms with van der Waals surface area (Å²) in [7, 11) is -4.83. The molecule has 1 aromatic carbocycles. The van der Waals surface area contributed by atoms with Gasteiger partial charge >= 0.3 is 16.6 Å². The molecular weight excluding hydrogens is 388 g/mol. The molecule has 1 fully saturated rings. The molecule has 0 radical (unpaired) electrons. The van der Waals surface area contributed by atoms with Gasteiger partial charge in [0.1, 0.15) is 0 Å². The lowest BCUT2D eigenvalue weighted by molar-refractivity contribution is -0.141. The van der Waals surface area contributed by atoms with Crippen LogP contribution in [-0.2, 0) is 16.6 Å². The number of benzene rings is 1. The standard InChI is InChI=1S/C16H16F4N4O2S/c1-11-2-4-12(5-3-11)13-10-14(16(17,18)19)22-15(21-13)23-6-8-24(9-7-23)27(20,25)26/h2-5,10H,6-9H2,1H3. The molecule has 0 unspecified atom stereocenters. The molecule has 11 heteroatoms. The monoisotopic (exact) mass is 404 g/mol. The van der Waals surface area contributed by atoms with Crippen LogP contribution in [0.25, 0.3) is 11.3 Å². The summed E-state index contributed by atoms with van der Waals surface area (Å²) < 4.78 is 75.4. The fraction of sp³-hybridized carbons (Fsp3) is 0.375. The van der Waals surface area contributed by atoms with Gasteiger partial charge in [0.15, 0.2) is 5.69 Å². The van der Waals surface area contributed by atoms with Crippen LogP contribution in [0.1, 0.15) is 11.3 Å². The fourth-order valence-electron chi connectivity index (χ4n) is 2.70. The predicted octanol–water partition coefficient (Wildman–Crippen LogP) is 2.81. The van der Waals surface area contributed by atoms with Crippen molar-refractivity contribution < 1.29 is 25.5 Å². The lowest BCUT2D eigenvalue weighted by Gasteiger charge is -2.32. The molecule has 27 heavy (non-hydrogen) atoms. The first kappa shape index (κ1) is 19.5. The molecular formula is C16H16F4N4O2S. The van der Waals surface area contributed by atoms with Gasteiger partial charge in [0, 0.05) is 31.7 Å². The summed E-state index contributed by atoms with van der Waals surface area (Å²) in [5.74, 6) is -0.170. The van der Waals surface area contributed by atoms with E-state index < -0.39 is 22.3 Å². The minimum absolute atomic E-state index is 0.0161. The molecule has 0 saturated carbocycles. The second-order valence-electron chi connectivity index (χ2n) is 6.13. The van der Waals surface area contributed by atoms with Gasteiger partial charge in [-0.3, -0.25) is 0 Å². The van der Waals surface area contributed by atoms with Crippen LogP contribution in [0.15, 0.2) is 30.3 Å². The number of aromatic nitrogens is 2. The van der Waals surface area contributed by atoms with Crippen LogP contribution < -0.4 is 4.90 Å². The molecule has 2 aromatic rings. The van der Waals surface area contributed by atoms with Crippen LogP contribution in [0, 0.1) is 6.92 Å². The third-order valence-corrected chi connectivity index (χ3v) is 5.16. The zero-order valence-electron chi connectivity index (χ0n) is 14.2. The third kappa shape index (κ3) is 4.53. The molecule has 0 aliphatic carbocycles. The fourth-order valence-corrected chi connectivity index (χ4v) is 3.30. The number of halogens is 4. The van der Waals surface area contributed by atoms with E-state index in [2.05, 4.69) is 9.97 Å². The van der Waals surface area contributed by atoms with Crippen LogP contribution >= 0.6 is 0 Å². The highest BCUT2D eigenvalue weighted by Gasteiger charge is 2.35. The van der Waals surface area contributed by atoms with E-state index in [4.69, 9.17) is 0 Å². The molecule has 1 aliphatic rings. The summed E-state index contributed by atoms with van der Waals surface area (Å²) >= 11 is 0. The number of aryl methyl sites for hydroxylation is 1. The summed E-state index contributed by atoms with van der Waals surface area (Å²) in [6.07, 6.45) is -4.67. The second-order valence-corrected chi connectivity index (χ2v) is 7.47. The van der Waals surface area contributed by atoms with Crippen LogP contribution in [0.3, 0.4) is 0 Å². The average molecular weight is 404 g/mol. The number of nitrogens with zero attached hydrogens (tertiary/aromatic N) is 4.